The summed E-state index contributed by atoms with van der Waals surface area (Å²) >= 11 is 0. The van der Waals surface area contributed by atoms with Gasteiger partial charge in [-0.05, 0) is 24.6 Å². The smallest absolute Gasteiger partial charge is 0.245 e. The first-order valence-electron chi connectivity index (χ1n) is 9.73. The minimum absolute atomic E-state index is 0.203. The Balaban J connectivity index is 0.000000556. The topological polar surface area (TPSA) is 91.6 Å². The number of rotatable bonds is 2. The highest BCUT2D eigenvalue weighted by atomic mass is 16.2. The maximum Gasteiger partial charge on any atom is 0.245 e. The molecule has 0 bridgehead atoms. The molecule has 2 aliphatic rings. The molecule has 4 aromatic rings. The van der Waals surface area contributed by atoms with E-state index in [-0.39, 0.29) is 5.91 Å². The molecule has 1 saturated carbocycles. The second kappa shape index (κ2) is 7.02. The van der Waals surface area contributed by atoms with Crippen molar-refractivity contribution in [3.8, 4) is 17.3 Å². The number of anilines is 1. The number of aromatic nitrogens is 5. The van der Waals surface area contributed by atoms with Crippen LogP contribution in [0.2, 0.25) is 0 Å². The molecule has 4 aromatic heterocycles. The zero-order valence-electron chi connectivity index (χ0n) is 15.8. The Kier molecular flexibility index (Phi) is 4.21. The van der Waals surface area contributed by atoms with Crippen LogP contribution in [0, 0.1) is 17.2 Å². The van der Waals surface area contributed by atoms with Gasteiger partial charge in [-0.25, -0.2) is 14.5 Å². The maximum atomic E-state index is 12.5. The van der Waals surface area contributed by atoms with Crippen LogP contribution in [-0.4, -0.2) is 36.4 Å². The Labute approximate surface area is 167 Å². The van der Waals surface area contributed by atoms with Gasteiger partial charge < -0.3 is 4.40 Å². The zero-order chi connectivity index (χ0) is 19.8. The number of nitriles is 1. The molecular weight excluding hydrogens is 366 g/mol. The van der Waals surface area contributed by atoms with Crippen molar-refractivity contribution in [1.29, 1.82) is 5.26 Å². The molecule has 8 heteroatoms. The molecule has 0 spiro atoms. The second-order valence-corrected chi connectivity index (χ2v) is 7.24. The molecule has 0 aromatic carbocycles. The fourth-order valence-electron chi connectivity index (χ4n) is 3.33. The van der Waals surface area contributed by atoms with Crippen molar-refractivity contribution < 1.29 is 4.79 Å². The highest BCUT2D eigenvalue weighted by Gasteiger charge is 2.34. The molecule has 144 valence electrons. The molecule has 6 rings (SSSR count). The minimum atomic E-state index is -0.606. The molecule has 1 aliphatic heterocycles. The van der Waals surface area contributed by atoms with E-state index in [0.29, 0.717) is 24.5 Å². The summed E-state index contributed by atoms with van der Waals surface area (Å²) in [6.07, 6.45) is 14.1. The van der Waals surface area contributed by atoms with Crippen LogP contribution in [0.1, 0.15) is 25.7 Å². The number of carbonyl (C=O) groups excluding carboxylic acids is 1. The molecule has 1 atom stereocenters. The third kappa shape index (κ3) is 3.21. The quantitative estimate of drug-likeness (QED) is 0.529. The summed E-state index contributed by atoms with van der Waals surface area (Å²) in [4.78, 5) is 23.1. The third-order valence-corrected chi connectivity index (χ3v) is 5.03. The van der Waals surface area contributed by atoms with Crippen LogP contribution in [0.15, 0.2) is 49.2 Å². The van der Waals surface area contributed by atoms with E-state index >= 15 is 0 Å². The highest BCUT2D eigenvalue weighted by molar-refractivity contribution is 6.01. The Morgan fingerprint density at radius 2 is 1.97 bits per heavy atom. The summed E-state index contributed by atoms with van der Waals surface area (Å²) in [5.74, 6) is -0.274. The van der Waals surface area contributed by atoms with Crippen molar-refractivity contribution in [2.24, 2.45) is 5.92 Å². The summed E-state index contributed by atoms with van der Waals surface area (Å²) in [5, 5.41) is 13.5. The van der Waals surface area contributed by atoms with E-state index in [4.69, 9.17) is 10.2 Å². The van der Waals surface area contributed by atoms with Crippen LogP contribution in [0.25, 0.3) is 22.4 Å². The minimum Gasteiger partial charge on any atom is -0.306 e. The van der Waals surface area contributed by atoms with E-state index < -0.39 is 5.92 Å². The van der Waals surface area contributed by atoms with Gasteiger partial charge in [0, 0.05) is 30.7 Å². The van der Waals surface area contributed by atoms with Crippen molar-refractivity contribution in [3.05, 3.63) is 49.2 Å². The van der Waals surface area contributed by atoms with Crippen LogP contribution in [0.3, 0.4) is 0 Å². The van der Waals surface area contributed by atoms with Gasteiger partial charge in [-0.1, -0.05) is 19.3 Å². The first kappa shape index (κ1) is 17.4. The van der Waals surface area contributed by atoms with Gasteiger partial charge in [0.1, 0.15) is 17.1 Å². The number of fused-ring (bicyclic) bond motifs is 2. The van der Waals surface area contributed by atoms with Gasteiger partial charge in [0.25, 0.3) is 0 Å². The van der Waals surface area contributed by atoms with E-state index in [9.17, 15) is 4.79 Å². The number of carbonyl (C=O) groups is 1. The number of hydrogen-bond acceptors (Lipinski definition) is 5. The summed E-state index contributed by atoms with van der Waals surface area (Å²) < 4.78 is 3.62. The second-order valence-electron chi connectivity index (χ2n) is 7.24. The normalized spacial score (nSPS) is 18.0. The summed E-state index contributed by atoms with van der Waals surface area (Å²) in [6.45, 7) is 0.481. The van der Waals surface area contributed by atoms with Crippen LogP contribution in [-0.2, 0) is 4.79 Å². The molecule has 2 fully saturated rings. The van der Waals surface area contributed by atoms with Crippen molar-refractivity contribution in [2.45, 2.75) is 25.7 Å². The van der Waals surface area contributed by atoms with E-state index in [1.165, 1.54) is 19.3 Å². The fourth-order valence-corrected chi connectivity index (χ4v) is 3.33. The number of hydrogen-bond donors (Lipinski definition) is 0. The lowest BCUT2D eigenvalue weighted by Gasteiger charge is -2.17. The Morgan fingerprint density at radius 3 is 2.72 bits per heavy atom. The lowest BCUT2D eigenvalue weighted by molar-refractivity contribution is -0.119. The van der Waals surface area contributed by atoms with E-state index in [0.717, 1.165) is 16.7 Å². The molecule has 0 radical (unpaired) electrons. The fraction of sp³-hybridized carbons (Fsp3) is 0.286. The lowest BCUT2D eigenvalue weighted by atomic mass is 10.1. The van der Waals surface area contributed by atoms with Gasteiger partial charge >= 0.3 is 0 Å². The zero-order valence-corrected chi connectivity index (χ0v) is 15.8. The first-order valence-corrected chi connectivity index (χ1v) is 9.73. The maximum absolute atomic E-state index is 12.5. The molecule has 29 heavy (non-hydrogen) atoms. The van der Waals surface area contributed by atoms with Crippen LogP contribution < -0.4 is 4.90 Å². The number of imidazole rings is 1. The Hall–Kier alpha value is -3.73. The van der Waals surface area contributed by atoms with Crippen LogP contribution in [0.4, 0.5) is 5.82 Å². The van der Waals surface area contributed by atoms with Crippen LogP contribution >= 0.6 is 0 Å². The molecule has 0 N–H and O–H groups in total. The first-order chi connectivity index (χ1) is 14.2. The summed E-state index contributed by atoms with van der Waals surface area (Å²) in [5.41, 5.74) is 3.17. The lowest BCUT2D eigenvalue weighted by Crippen LogP contribution is -2.28. The van der Waals surface area contributed by atoms with Gasteiger partial charge in [-0.2, -0.15) is 10.4 Å². The molecule has 1 unspecified atom stereocenters. The van der Waals surface area contributed by atoms with Gasteiger partial charge in [0.15, 0.2) is 5.82 Å². The predicted octanol–water partition coefficient (Wildman–Crippen LogP) is 3.09. The summed E-state index contributed by atoms with van der Waals surface area (Å²) in [7, 11) is 0. The average Bonchev–Trinajstić information content (AvgIpc) is 3.27. The molecular formula is C21H19N7O. The largest absolute Gasteiger partial charge is 0.306 e. The van der Waals surface area contributed by atoms with Crippen LogP contribution in [0.5, 0.6) is 0 Å². The monoisotopic (exact) mass is 385 g/mol. The predicted molar refractivity (Wildman–Crippen MR) is 107 cm³/mol. The average molecular weight is 385 g/mol. The Morgan fingerprint density at radius 1 is 1.10 bits per heavy atom. The van der Waals surface area contributed by atoms with Gasteiger partial charge in [-0.15, -0.1) is 0 Å². The molecule has 8 nitrogen and oxygen atoms in total. The number of amides is 1. The van der Waals surface area contributed by atoms with Gasteiger partial charge in [0.2, 0.25) is 5.91 Å². The van der Waals surface area contributed by atoms with E-state index in [1.807, 2.05) is 41.2 Å². The third-order valence-electron chi connectivity index (χ3n) is 5.03. The standard InChI is InChI=1S/C18H13N7O.C3H6/c19-9-12-4-7-24(18(12)26)17-15-3-5-21-25(15)11-14(22-17)13-1-2-16-20-6-8-23(16)10-13;1-2-3-1/h1-3,5-6,8,10-12H,4,7H2;1-3H2. The van der Waals surface area contributed by atoms with E-state index in [2.05, 4.69) is 16.2 Å². The summed E-state index contributed by atoms with van der Waals surface area (Å²) in [6, 6.07) is 7.74. The van der Waals surface area contributed by atoms with E-state index in [1.54, 1.807) is 21.8 Å². The molecule has 1 saturated heterocycles. The van der Waals surface area contributed by atoms with Gasteiger partial charge in [0.05, 0.1) is 24.2 Å². The molecule has 5 heterocycles. The number of pyridine rings is 1. The number of nitrogens with zero attached hydrogens (tertiary/aromatic N) is 7. The van der Waals surface area contributed by atoms with Crippen molar-refractivity contribution in [1.82, 2.24) is 24.0 Å². The SMILES string of the molecule is C1CC1.N#CC1CCN(c2nc(-c3ccc4nccn4c3)cn3nccc23)C1=O. The van der Waals surface area contributed by atoms with Gasteiger partial charge in [-0.3, -0.25) is 9.69 Å². The van der Waals surface area contributed by atoms with Crippen molar-refractivity contribution >= 4 is 22.9 Å². The Bertz CT molecular complexity index is 1240. The molecule has 1 amide bonds. The van der Waals surface area contributed by atoms with Crippen molar-refractivity contribution in [3.63, 3.8) is 0 Å². The van der Waals surface area contributed by atoms with Crippen molar-refractivity contribution in [2.75, 3.05) is 11.4 Å². The molecule has 1 aliphatic carbocycles. The highest BCUT2D eigenvalue weighted by Crippen LogP contribution is 2.29.